The Balaban J connectivity index is 1.22. The van der Waals surface area contributed by atoms with E-state index in [9.17, 15) is 4.79 Å². The summed E-state index contributed by atoms with van der Waals surface area (Å²) in [7, 11) is 0. The van der Waals surface area contributed by atoms with Gasteiger partial charge in [0.25, 0.3) is 0 Å². The monoisotopic (exact) mass is 364 g/mol. The first-order valence-corrected chi connectivity index (χ1v) is 10.9. The zero-order valence-electron chi connectivity index (χ0n) is 16.5. The number of hydrogen-bond acceptors (Lipinski definition) is 2. The third-order valence-corrected chi connectivity index (χ3v) is 7.74. The molecule has 5 aliphatic rings. The van der Waals surface area contributed by atoms with Crippen molar-refractivity contribution in [2.45, 2.75) is 63.5 Å². The van der Waals surface area contributed by atoms with Crippen molar-refractivity contribution in [1.29, 1.82) is 0 Å². The fourth-order valence-electron chi connectivity index (χ4n) is 6.75. The molecule has 1 amide bonds. The first-order valence-electron chi connectivity index (χ1n) is 10.9. The molecule has 0 radical (unpaired) electrons. The highest BCUT2D eigenvalue weighted by Crippen LogP contribution is 2.55. The average molecular weight is 365 g/mol. The van der Waals surface area contributed by atoms with Crippen molar-refractivity contribution in [2.24, 2.45) is 17.8 Å². The normalized spacial score (nSPS) is 36.3. The lowest BCUT2D eigenvalue weighted by Crippen LogP contribution is -2.62. The molecule has 0 unspecified atom stereocenters. The van der Waals surface area contributed by atoms with Gasteiger partial charge in [0.05, 0.1) is 6.04 Å². The SMILES string of the molecule is C[C@H](C(=O)NC12CC3CC(CC(C3)C1)C2)N1CC=C(c2ccccc2)CC1. The van der Waals surface area contributed by atoms with Crippen molar-refractivity contribution < 1.29 is 4.79 Å². The van der Waals surface area contributed by atoms with Crippen LogP contribution in [0.25, 0.3) is 5.57 Å². The van der Waals surface area contributed by atoms with Crippen LogP contribution in [0.2, 0.25) is 0 Å². The molecule has 27 heavy (non-hydrogen) atoms. The van der Waals surface area contributed by atoms with E-state index in [0.717, 1.165) is 37.3 Å². The van der Waals surface area contributed by atoms with E-state index < -0.39 is 0 Å². The lowest BCUT2D eigenvalue weighted by atomic mass is 9.53. The molecule has 144 valence electrons. The molecule has 1 heterocycles. The van der Waals surface area contributed by atoms with Crippen LogP contribution in [-0.2, 0) is 4.79 Å². The average Bonchev–Trinajstić information content (AvgIpc) is 2.67. The molecule has 6 rings (SSSR count). The predicted octanol–water partition coefficient (Wildman–Crippen LogP) is 4.25. The van der Waals surface area contributed by atoms with Crippen LogP contribution in [0.3, 0.4) is 0 Å². The van der Waals surface area contributed by atoms with Gasteiger partial charge < -0.3 is 5.32 Å². The summed E-state index contributed by atoms with van der Waals surface area (Å²) in [5.41, 5.74) is 2.87. The minimum Gasteiger partial charge on any atom is -0.349 e. The fraction of sp³-hybridized carbons (Fsp3) is 0.625. The largest absolute Gasteiger partial charge is 0.349 e. The van der Waals surface area contributed by atoms with Gasteiger partial charge in [0.1, 0.15) is 0 Å². The second-order valence-corrected chi connectivity index (χ2v) is 9.70. The van der Waals surface area contributed by atoms with E-state index in [2.05, 4.69) is 53.5 Å². The number of rotatable bonds is 4. The molecule has 3 heteroatoms. The molecule has 0 spiro atoms. The van der Waals surface area contributed by atoms with Gasteiger partial charge in [-0.1, -0.05) is 36.4 Å². The lowest BCUT2D eigenvalue weighted by molar-refractivity contribution is -0.131. The van der Waals surface area contributed by atoms with Gasteiger partial charge in [-0.15, -0.1) is 0 Å². The van der Waals surface area contributed by atoms with Crippen molar-refractivity contribution in [3.8, 4) is 0 Å². The maximum absolute atomic E-state index is 13.1. The van der Waals surface area contributed by atoms with Gasteiger partial charge >= 0.3 is 0 Å². The van der Waals surface area contributed by atoms with Crippen molar-refractivity contribution in [3.63, 3.8) is 0 Å². The Morgan fingerprint density at radius 3 is 2.26 bits per heavy atom. The van der Waals surface area contributed by atoms with E-state index in [4.69, 9.17) is 0 Å². The number of nitrogens with one attached hydrogen (secondary N) is 1. The van der Waals surface area contributed by atoms with Crippen molar-refractivity contribution in [3.05, 3.63) is 42.0 Å². The smallest absolute Gasteiger partial charge is 0.237 e. The number of nitrogens with zero attached hydrogens (tertiary/aromatic N) is 1. The Morgan fingerprint density at radius 1 is 1.07 bits per heavy atom. The molecule has 4 fully saturated rings. The molecule has 1 aromatic carbocycles. The Kier molecular flexibility index (Phi) is 4.39. The van der Waals surface area contributed by atoms with Crippen LogP contribution in [-0.4, -0.2) is 35.5 Å². The topological polar surface area (TPSA) is 32.3 Å². The summed E-state index contributed by atoms with van der Waals surface area (Å²) in [5, 5.41) is 3.56. The maximum Gasteiger partial charge on any atom is 0.237 e. The Bertz CT molecular complexity index is 703. The van der Waals surface area contributed by atoms with Crippen LogP contribution in [0.1, 0.15) is 57.4 Å². The zero-order chi connectivity index (χ0) is 18.4. The molecule has 0 saturated heterocycles. The number of carbonyl (C=O) groups excluding carboxylic acids is 1. The molecule has 3 nitrogen and oxygen atoms in total. The van der Waals surface area contributed by atoms with E-state index >= 15 is 0 Å². The highest BCUT2D eigenvalue weighted by molar-refractivity contribution is 5.82. The molecule has 1 aliphatic heterocycles. The number of benzene rings is 1. The van der Waals surface area contributed by atoms with Crippen LogP contribution < -0.4 is 5.32 Å². The molecular weight excluding hydrogens is 332 g/mol. The van der Waals surface area contributed by atoms with E-state index in [0.29, 0.717) is 0 Å². The van der Waals surface area contributed by atoms with Crippen LogP contribution in [0, 0.1) is 17.8 Å². The summed E-state index contributed by atoms with van der Waals surface area (Å²) < 4.78 is 0. The first-order chi connectivity index (χ1) is 13.1. The third kappa shape index (κ3) is 3.35. The van der Waals surface area contributed by atoms with Gasteiger partial charge in [0.15, 0.2) is 0 Å². The van der Waals surface area contributed by atoms with E-state index in [-0.39, 0.29) is 17.5 Å². The van der Waals surface area contributed by atoms with Gasteiger partial charge in [-0.3, -0.25) is 9.69 Å². The standard InChI is InChI=1S/C24H32N2O/c1-17(26-9-7-22(8-10-26)21-5-3-2-4-6-21)23(27)25-24-14-18-11-19(15-24)13-20(12-18)16-24/h2-7,17-20H,8-16H2,1H3,(H,25,27)/t17-,18?,19?,20?,24?/m1/s1. The summed E-state index contributed by atoms with van der Waals surface area (Å²) in [6.45, 7) is 3.94. The minimum atomic E-state index is -0.0356. The Morgan fingerprint density at radius 2 is 1.70 bits per heavy atom. The first kappa shape index (κ1) is 17.5. The van der Waals surface area contributed by atoms with Crippen molar-refractivity contribution >= 4 is 11.5 Å². The predicted molar refractivity (Wildman–Crippen MR) is 109 cm³/mol. The molecule has 1 atom stereocenters. The number of amides is 1. The molecule has 0 aromatic heterocycles. The quantitative estimate of drug-likeness (QED) is 0.866. The molecule has 4 bridgehead atoms. The van der Waals surface area contributed by atoms with Crippen molar-refractivity contribution in [1.82, 2.24) is 10.2 Å². The summed E-state index contributed by atoms with van der Waals surface area (Å²) in [6, 6.07) is 10.6. The van der Waals surface area contributed by atoms with Crippen LogP contribution in [0.15, 0.2) is 36.4 Å². The third-order valence-electron chi connectivity index (χ3n) is 7.74. The maximum atomic E-state index is 13.1. The van der Waals surface area contributed by atoms with E-state index in [1.165, 1.54) is 49.7 Å². The lowest BCUT2D eigenvalue weighted by Gasteiger charge is -2.57. The van der Waals surface area contributed by atoms with Crippen LogP contribution in [0.5, 0.6) is 0 Å². The fourth-order valence-corrected chi connectivity index (χ4v) is 6.75. The molecule has 4 saturated carbocycles. The van der Waals surface area contributed by atoms with E-state index in [1.807, 2.05) is 0 Å². The summed E-state index contributed by atoms with van der Waals surface area (Å²) >= 11 is 0. The molecule has 4 aliphatic carbocycles. The van der Waals surface area contributed by atoms with Crippen LogP contribution in [0.4, 0.5) is 0 Å². The van der Waals surface area contributed by atoms with Gasteiger partial charge in [-0.2, -0.15) is 0 Å². The molecule has 1 aromatic rings. The van der Waals surface area contributed by atoms with Gasteiger partial charge in [-0.25, -0.2) is 0 Å². The van der Waals surface area contributed by atoms with Gasteiger partial charge in [0.2, 0.25) is 5.91 Å². The highest BCUT2D eigenvalue weighted by Gasteiger charge is 2.51. The second-order valence-electron chi connectivity index (χ2n) is 9.70. The minimum absolute atomic E-state index is 0.0356. The summed E-state index contributed by atoms with van der Waals surface area (Å²) in [5.74, 6) is 2.88. The van der Waals surface area contributed by atoms with E-state index in [1.54, 1.807) is 0 Å². The summed E-state index contributed by atoms with van der Waals surface area (Å²) in [6.07, 6.45) is 11.3. The zero-order valence-corrected chi connectivity index (χ0v) is 16.5. The Hall–Kier alpha value is -1.61. The summed E-state index contributed by atoms with van der Waals surface area (Å²) in [4.78, 5) is 15.4. The van der Waals surface area contributed by atoms with Gasteiger partial charge in [-0.05, 0) is 80.8 Å². The van der Waals surface area contributed by atoms with Crippen molar-refractivity contribution in [2.75, 3.05) is 13.1 Å². The second kappa shape index (κ2) is 6.77. The molecular formula is C24H32N2O. The van der Waals surface area contributed by atoms with Crippen LogP contribution >= 0.6 is 0 Å². The number of hydrogen-bond donors (Lipinski definition) is 1. The molecule has 1 N–H and O–H groups in total. The highest BCUT2D eigenvalue weighted by atomic mass is 16.2. The Labute approximate surface area is 163 Å². The number of carbonyl (C=O) groups is 1. The van der Waals surface area contributed by atoms with Gasteiger partial charge in [0, 0.05) is 18.6 Å².